The van der Waals surface area contributed by atoms with Crippen LogP contribution in [0, 0.1) is 5.92 Å². The Morgan fingerprint density at radius 2 is 1.70 bits per heavy atom. The van der Waals surface area contributed by atoms with E-state index in [0.29, 0.717) is 5.92 Å². The van der Waals surface area contributed by atoms with Crippen LogP contribution in [-0.4, -0.2) is 59.3 Å². The van der Waals surface area contributed by atoms with Crippen molar-refractivity contribution in [3.05, 3.63) is 9.67 Å². The van der Waals surface area contributed by atoms with Gasteiger partial charge >= 0.3 is 170 Å². The summed E-state index contributed by atoms with van der Waals surface area (Å²) in [5, 5.41) is 11.1. The van der Waals surface area contributed by atoms with Crippen molar-refractivity contribution in [3.8, 4) is 0 Å². The van der Waals surface area contributed by atoms with Gasteiger partial charge in [0.1, 0.15) is 0 Å². The number of hydrogen-bond acceptors (Lipinski definition) is 3. The molecule has 4 nitrogen and oxygen atoms in total. The Labute approximate surface area is 169 Å². The molecule has 1 aliphatic carbocycles. The van der Waals surface area contributed by atoms with E-state index >= 15 is 0 Å². The summed E-state index contributed by atoms with van der Waals surface area (Å²) in [5.74, 6) is 0.339. The molecule has 3 aliphatic rings. The number of rotatable bonds is 10. The fourth-order valence-corrected chi connectivity index (χ4v) is 21.2. The Bertz CT molecular complexity index is 528. The van der Waals surface area contributed by atoms with E-state index in [0.717, 1.165) is 19.4 Å². The molecular formula is C22H39NO3Sn. The summed E-state index contributed by atoms with van der Waals surface area (Å²) >= 11 is -2.47. The number of ether oxygens (including phenoxy) is 1. The first-order valence-corrected chi connectivity index (χ1v) is 19.1. The van der Waals surface area contributed by atoms with Gasteiger partial charge in [-0.3, -0.25) is 0 Å². The third-order valence-electron chi connectivity index (χ3n) is 7.13. The van der Waals surface area contributed by atoms with Crippen LogP contribution in [-0.2, 0) is 4.74 Å². The SMILES string of the molecule is CCC[CH2][Sn](/[CH]=C1\[C@H](O)[C@H]2OC(=O)N3CCC[C@@H]1[C@@H]23)([CH2]CCC)[CH2]CCC. The number of carbonyl (C=O) groups is 1. The molecule has 0 aromatic rings. The van der Waals surface area contributed by atoms with E-state index in [-0.39, 0.29) is 18.2 Å². The first-order valence-electron chi connectivity index (χ1n) is 11.4. The zero-order valence-corrected chi connectivity index (χ0v) is 20.4. The minimum absolute atomic E-state index is 0.0972. The molecule has 3 rings (SSSR count). The van der Waals surface area contributed by atoms with Gasteiger partial charge in [-0.1, -0.05) is 0 Å². The quantitative estimate of drug-likeness (QED) is 0.430. The number of aliphatic hydroxyl groups is 1. The average Bonchev–Trinajstić information content (AvgIpc) is 3.15. The van der Waals surface area contributed by atoms with Crippen molar-refractivity contribution >= 4 is 24.5 Å². The number of carbonyl (C=O) groups excluding carboxylic acids is 1. The fourth-order valence-electron chi connectivity index (χ4n) is 5.64. The standard InChI is InChI=1S/C10H12NO3.3C4H9.Sn/c1-5-6-3-2-4-11-7(6)9(8(5)12)14-10(11)13;3*1-3-4-2;/h1,6-9,12H,2-4H2;3*1,3-4H2,2H3;/t6-,7-,8-,9-;;;;/m0..../s1. The second-order valence-corrected chi connectivity index (χ2v) is 21.9. The summed E-state index contributed by atoms with van der Waals surface area (Å²) < 4.78 is 12.6. The Morgan fingerprint density at radius 1 is 1.11 bits per heavy atom. The predicted molar refractivity (Wildman–Crippen MR) is 112 cm³/mol. The third-order valence-corrected chi connectivity index (χ3v) is 21.4. The molecule has 3 fully saturated rings. The summed E-state index contributed by atoms with van der Waals surface area (Å²) in [6, 6.07) is 0.0972. The van der Waals surface area contributed by atoms with Crippen LogP contribution in [0.5, 0.6) is 0 Å². The van der Waals surface area contributed by atoms with Crippen molar-refractivity contribution in [2.24, 2.45) is 5.92 Å². The van der Waals surface area contributed by atoms with Gasteiger partial charge in [-0.15, -0.1) is 0 Å². The first kappa shape index (κ1) is 21.5. The summed E-state index contributed by atoms with van der Waals surface area (Å²) in [6.07, 6.45) is 8.86. The monoisotopic (exact) mass is 485 g/mol. The molecule has 1 N–H and O–H groups in total. The number of aliphatic hydroxyl groups excluding tert-OH is 1. The molecule has 0 unspecified atom stereocenters. The number of hydrogen-bond donors (Lipinski definition) is 1. The molecule has 0 aromatic carbocycles. The molecule has 0 radical (unpaired) electrons. The van der Waals surface area contributed by atoms with Gasteiger partial charge in [0.25, 0.3) is 0 Å². The molecule has 154 valence electrons. The second-order valence-electron chi connectivity index (χ2n) is 9.04. The molecule has 5 heteroatoms. The topological polar surface area (TPSA) is 49.8 Å². The Kier molecular flexibility index (Phi) is 7.57. The van der Waals surface area contributed by atoms with Crippen LogP contribution in [0.2, 0.25) is 13.3 Å². The Balaban J connectivity index is 1.91. The van der Waals surface area contributed by atoms with Crippen LogP contribution < -0.4 is 0 Å². The average molecular weight is 484 g/mol. The summed E-state index contributed by atoms with van der Waals surface area (Å²) in [6.45, 7) is 7.70. The maximum atomic E-state index is 12.1. The van der Waals surface area contributed by atoms with E-state index in [1.807, 2.05) is 4.90 Å². The van der Waals surface area contributed by atoms with E-state index in [9.17, 15) is 9.90 Å². The first-order chi connectivity index (χ1) is 13.1. The van der Waals surface area contributed by atoms with Crippen LogP contribution in [0.1, 0.15) is 72.1 Å². The molecule has 2 saturated heterocycles. The van der Waals surface area contributed by atoms with Gasteiger partial charge in [-0.2, -0.15) is 0 Å². The number of piperidine rings is 1. The van der Waals surface area contributed by atoms with Crippen LogP contribution in [0.3, 0.4) is 0 Å². The zero-order chi connectivity index (χ0) is 19.4. The molecule has 2 aliphatic heterocycles. The van der Waals surface area contributed by atoms with Crippen LogP contribution >= 0.6 is 0 Å². The summed E-state index contributed by atoms with van der Waals surface area (Å²) in [5.41, 5.74) is 1.28. The Morgan fingerprint density at radius 3 is 2.26 bits per heavy atom. The zero-order valence-electron chi connectivity index (χ0n) is 17.6. The molecule has 27 heavy (non-hydrogen) atoms. The minimum atomic E-state index is -2.47. The van der Waals surface area contributed by atoms with Crippen molar-refractivity contribution < 1.29 is 14.6 Å². The van der Waals surface area contributed by atoms with Gasteiger partial charge in [-0.25, -0.2) is 0 Å². The van der Waals surface area contributed by atoms with E-state index < -0.39 is 24.5 Å². The molecular weight excluding hydrogens is 445 g/mol. The van der Waals surface area contributed by atoms with Gasteiger partial charge < -0.3 is 0 Å². The van der Waals surface area contributed by atoms with Crippen molar-refractivity contribution in [1.82, 2.24) is 4.90 Å². The third kappa shape index (κ3) is 4.36. The predicted octanol–water partition coefficient (Wildman–Crippen LogP) is 5.28. The van der Waals surface area contributed by atoms with Crippen LogP contribution in [0.4, 0.5) is 4.79 Å². The van der Waals surface area contributed by atoms with Crippen LogP contribution in [0.25, 0.3) is 0 Å². The van der Waals surface area contributed by atoms with E-state index in [4.69, 9.17) is 4.74 Å². The van der Waals surface area contributed by atoms with Gasteiger partial charge in [0, 0.05) is 0 Å². The Hall–Kier alpha value is -0.231. The molecule has 2 heterocycles. The van der Waals surface area contributed by atoms with Crippen molar-refractivity contribution in [2.45, 2.75) is 104 Å². The van der Waals surface area contributed by atoms with E-state index in [2.05, 4.69) is 24.9 Å². The molecule has 0 bridgehead atoms. The number of nitrogens with zero attached hydrogens (tertiary/aromatic N) is 1. The van der Waals surface area contributed by atoms with Crippen molar-refractivity contribution in [1.29, 1.82) is 0 Å². The van der Waals surface area contributed by atoms with Gasteiger partial charge in [0.15, 0.2) is 0 Å². The van der Waals surface area contributed by atoms with E-state index in [1.165, 1.54) is 57.4 Å². The summed E-state index contributed by atoms with van der Waals surface area (Å²) in [4.78, 5) is 14.1. The van der Waals surface area contributed by atoms with E-state index in [1.54, 1.807) is 0 Å². The molecule has 1 amide bonds. The van der Waals surface area contributed by atoms with Gasteiger partial charge in [0.05, 0.1) is 0 Å². The fraction of sp³-hybridized carbons (Fsp3) is 0.864. The number of amides is 1. The van der Waals surface area contributed by atoms with Crippen molar-refractivity contribution in [3.63, 3.8) is 0 Å². The molecule has 0 aromatic heterocycles. The van der Waals surface area contributed by atoms with Gasteiger partial charge in [0.2, 0.25) is 0 Å². The maximum absolute atomic E-state index is 12.1. The van der Waals surface area contributed by atoms with Crippen molar-refractivity contribution in [2.75, 3.05) is 6.54 Å². The number of unbranched alkanes of at least 4 members (excludes halogenated alkanes) is 3. The normalized spacial score (nSPS) is 31.5. The second kappa shape index (κ2) is 9.51. The van der Waals surface area contributed by atoms with Crippen LogP contribution in [0.15, 0.2) is 9.67 Å². The molecule has 0 spiro atoms. The molecule has 4 atom stereocenters. The molecule has 1 saturated carbocycles. The summed E-state index contributed by atoms with van der Waals surface area (Å²) in [7, 11) is 0. The van der Waals surface area contributed by atoms with Gasteiger partial charge in [-0.05, 0) is 0 Å².